The molecule has 0 heterocycles. The molecule has 2 rings (SSSR count). The molecule has 0 aromatic heterocycles. The quantitative estimate of drug-likeness (QED) is 0.620. The molecule has 0 saturated heterocycles. The lowest BCUT2D eigenvalue weighted by molar-refractivity contribution is -0.116. The number of aromatic hydroxyl groups is 1. The number of allylic oxidation sites excluding steroid dienone is 2. The van der Waals surface area contributed by atoms with E-state index in [4.69, 9.17) is 0 Å². The minimum atomic E-state index is 0.0374. The van der Waals surface area contributed by atoms with E-state index in [-0.39, 0.29) is 11.7 Å². The van der Waals surface area contributed by atoms with Crippen LogP contribution in [0.15, 0.2) is 30.4 Å². The number of rotatable bonds is 3. The van der Waals surface area contributed by atoms with Gasteiger partial charge in [0.15, 0.2) is 0 Å². The van der Waals surface area contributed by atoms with Crippen molar-refractivity contribution in [3.63, 3.8) is 0 Å². The third kappa shape index (κ3) is 3.09. The SMILES string of the molecule is Cc1cc(O)ccc1NC(=O)CC1C=CCC1. The number of amides is 1. The molecule has 1 atom stereocenters. The maximum atomic E-state index is 11.8. The van der Waals surface area contributed by atoms with E-state index in [9.17, 15) is 9.90 Å². The molecule has 1 aliphatic rings. The van der Waals surface area contributed by atoms with Crippen LogP contribution in [0.3, 0.4) is 0 Å². The second-order valence-corrected chi connectivity index (χ2v) is 4.52. The van der Waals surface area contributed by atoms with Gasteiger partial charge in [0, 0.05) is 12.1 Å². The maximum absolute atomic E-state index is 11.8. The van der Waals surface area contributed by atoms with Crippen molar-refractivity contribution < 1.29 is 9.90 Å². The number of anilines is 1. The minimum Gasteiger partial charge on any atom is -0.508 e. The van der Waals surface area contributed by atoms with E-state index in [2.05, 4.69) is 17.5 Å². The highest BCUT2D eigenvalue weighted by molar-refractivity contribution is 5.91. The van der Waals surface area contributed by atoms with Gasteiger partial charge in [0.2, 0.25) is 5.91 Å². The molecule has 2 N–H and O–H groups in total. The Morgan fingerprint density at radius 1 is 1.53 bits per heavy atom. The van der Waals surface area contributed by atoms with Gasteiger partial charge in [-0.25, -0.2) is 0 Å². The molecule has 3 nitrogen and oxygen atoms in total. The smallest absolute Gasteiger partial charge is 0.224 e. The molecule has 3 heteroatoms. The van der Waals surface area contributed by atoms with Crippen LogP contribution >= 0.6 is 0 Å². The van der Waals surface area contributed by atoms with E-state index in [1.165, 1.54) is 0 Å². The normalized spacial score (nSPS) is 18.3. The number of phenols is 1. The Morgan fingerprint density at radius 2 is 2.35 bits per heavy atom. The molecule has 1 aliphatic carbocycles. The lowest BCUT2D eigenvalue weighted by Gasteiger charge is -2.11. The van der Waals surface area contributed by atoms with Crippen LogP contribution in [0, 0.1) is 12.8 Å². The number of hydrogen-bond donors (Lipinski definition) is 2. The fourth-order valence-electron chi connectivity index (χ4n) is 2.09. The van der Waals surface area contributed by atoms with Crippen LogP contribution in [0.25, 0.3) is 0 Å². The van der Waals surface area contributed by atoms with Crippen molar-refractivity contribution in [2.24, 2.45) is 5.92 Å². The van der Waals surface area contributed by atoms with Crippen molar-refractivity contribution in [2.75, 3.05) is 5.32 Å². The predicted octanol–water partition coefficient (Wildman–Crippen LogP) is 3.00. The van der Waals surface area contributed by atoms with Gasteiger partial charge in [-0.3, -0.25) is 4.79 Å². The van der Waals surface area contributed by atoms with Gasteiger partial charge < -0.3 is 10.4 Å². The van der Waals surface area contributed by atoms with Crippen LogP contribution in [-0.2, 0) is 4.79 Å². The monoisotopic (exact) mass is 231 g/mol. The maximum Gasteiger partial charge on any atom is 0.224 e. The Balaban J connectivity index is 1.95. The van der Waals surface area contributed by atoms with Gasteiger partial charge in [-0.1, -0.05) is 12.2 Å². The summed E-state index contributed by atoms with van der Waals surface area (Å²) in [6.07, 6.45) is 6.93. The van der Waals surface area contributed by atoms with Gasteiger partial charge in [-0.15, -0.1) is 0 Å². The zero-order chi connectivity index (χ0) is 12.3. The first-order chi connectivity index (χ1) is 8.15. The molecule has 0 radical (unpaired) electrons. The van der Waals surface area contributed by atoms with Crippen molar-refractivity contribution in [2.45, 2.75) is 26.2 Å². The Kier molecular flexibility index (Phi) is 3.47. The number of carbonyl (C=O) groups is 1. The van der Waals surface area contributed by atoms with Crippen LogP contribution in [0.5, 0.6) is 5.75 Å². The molecule has 0 aliphatic heterocycles. The van der Waals surface area contributed by atoms with Gasteiger partial charge in [-0.2, -0.15) is 0 Å². The number of benzene rings is 1. The molecule has 90 valence electrons. The van der Waals surface area contributed by atoms with Gasteiger partial charge in [0.05, 0.1) is 0 Å². The molecule has 17 heavy (non-hydrogen) atoms. The van der Waals surface area contributed by atoms with Gasteiger partial charge in [0.1, 0.15) is 5.75 Å². The molecule has 1 amide bonds. The van der Waals surface area contributed by atoms with Gasteiger partial charge in [-0.05, 0) is 49.4 Å². The standard InChI is InChI=1S/C14H17NO2/c1-10-8-12(16)6-7-13(10)15-14(17)9-11-4-2-3-5-11/h2,4,6-8,11,16H,3,5,9H2,1H3,(H,15,17). The number of hydrogen-bond acceptors (Lipinski definition) is 2. The number of phenolic OH excluding ortho intramolecular Hbond substituents is 1. The van der Waals surface area contributed by atoms with Crippen LogP contribution < -0.4 is 5.32 Å². The summed E-state index contributed by atoms with van der Waals surface area (Å²) in [5.41, 5.74) is 1.65. The van der Waals surface area contributed by atoms with E-state index in [0.29, 0.717) is 12.3 Å². The van der Waals surface area contributed by atoms with E-state index < -0.39 is 0 Å². The summed E-state index contributed by atoms with van der Waals surface area (Å²) >= 11 is 0. The minimum absolute atomic E-state index is 0.0374. The largest absolute Gasteiger partial charge is 0.508 e. The van der Waals surface area contributed by atoms with Crippen LogP contribution in [0.1, 0.15) is 24.8 Å². The summed E-state index contributed by atoms with van der Waals surface area (Å²) in [6.45, 7) is 1.87. The lowest BCUT2D eigenvalue weighted by atomic mass is 10.0. The molecular weight excluding hydrogens is 214 g/mol. The summed E-state index contributed by atoms with van der Waals surface area (Å²) in [6, 6.07) is 4.95. The van der Waals surface area contributed by atoms with Gasteiger partial charge >= 0.3 is 0 Å². The van der Waals surface area contributed by atoms with Crippen molar-refractivity contribution in [3.05, 3.63) is 35.9 Å². The number of carbonyl (C=O) groups excluding carboxylic acids is 1. The highest BCUT2D eigenvalue weighted by atomic mass is 16.3. The zero-order valence-electron chi connectivity index (χ0n) is 9.94. The van der Waals surface area contributed by atoms with Crippen molar-refractivity contribution in [1.82, 2.24) is 0 Å². The van der Waals surface area contributed by atoms with Crippen LogP contribution in [0.4, 0.5) is 5.69 Å². The Morgan fingerprint density at radius 3 is 3.00 bits per heavy atom. The average Bonchev–Trinajstić information content (AvgIpc) is 2.75. The zero-order valence-corrected chi connectivity index (χ0v) is 9.94. The van der Waals surface area contributed by atoms with E-state index in [1.54, 1.807) is 18.2 Å². The summed E-state index contributed by atoms with van der Waals surface area (Å²) in [7, 11) is 0. The van der Waals surface area contributed by atoms with Crippen LogP contribution in [-0.4, -0.2) is 11.0 Å². The van der Waals surface area contributed by atoms with E-state index >= 15 is 0 Å². The predicted molar refractivity (Wildman–Crippen MR) is 68.0 cm³/mol. The summed E-state index contributed by atoms with van der Waals surface area (Å²) in [5.74, 6) is 0.641. The Labute approximate surface area is 101 Å². The second-order valence-electron chi connectivity index (χ2n) is 4.52. The van der Waals surface area contributed by atoms with Crippen molar-refractivity contribution in [3.8, 4) is 5.75 Å². The fourth-order valence-corrected chi connectivity index (χ4v) is 2.09. The van der Waals surface area contributed by atoms with Crippen molar-refractivity contribution >= 4 is 11.6 Å². The molecule has 0 spiro atoms. The first-order valence-corrected chi connectivity index (χ1v) is 5.91. The molecule has 1 unspecified atom stereocenters. The third-order valence-corrected chi connectivity index (χ3v) is 3.04. The van der Waals surface area contributed by atoms with Crippen molar-refractivity contribution in [1.29, 1.82) is 0 Å². The van der Waals surface area contributed by atoms with Gasteiger partial charge in [0.25, 0.3) is 0 Å². The molecular formula is C14H17NO2. The van der Waals surface area contributed by atoms with E-state index in [0.717, 1.165) is 24.1 Å². The Hall–Kier alpha value is -1.77. The number of nitrogens with one attached hydrogen (secondary N) is 1. The molecule has 0 fully saturated rings. The summed E-state index contributed by atoms with van der Waals surface area (Å²) in [5, 5.41) is 12.2. The molecule has 1 aromatic rings. The highest BCUT2D eigenvalue weighted by Gasteiger charge is 2.14. The van der Waals surface area contributed by atoms with Crippen LogP contribution in [0.2, 0.25) is 0 Å². The topological polar surface area (TPSA) is 49.3 Å². The highest BCUT2D eigenvalue weighted by Crippen LogP contribution is 2.23. The fraction of sp³-hybridized carbons (Fsp3) is 0.357. The molecule has 0 saturated carbocycles. The molecule has 0 bridgehead atoms. The summed E-state index contributed by atoms with van der Waals surface area (Å²) in [4.78, 5) is 11.8. The average molecular weight is 231 g/mol. The summed E-state index contributed by atoms with van der Waals surface area (Å²) < 4.78 is 0. The number of aryl methyl sites for hydroxylation is 1. The third-order valence-electron chi connectivity index (χ3n) is 3.04. The molecule has 1 aromatic carbocycles. The van der Waals surface area contributed by atoms with E-state index in [1.807, 2.05) is 6.92 Å². The lowest BCUT2D eigenvalue weighted by Crippen LogP contribution is -2.15. The first kappa shape index (κ1) is 11.7. The second kappa shape index (κ2) is 5.04. The first-order valence-electron chi connectivity index (χ1n) is 5.91. The Bertz CT molecular complexity index is 452.